The van der Waals surface area contributed by atoms with Crippen LogP contribution in [0, 0.1) is 11.8 Å². The summed E-state index contributed by atoms with van der Waals surface area (Å²) in [6.45, 7) is 6.86. The highest BCUT2D eigenvalue weighted by atomic mass is 16.5. The number of ether oxygens (including phenoxy) is 2. The molecule has 0 aromatic heterocycles. The van der Waals surface area contributed by atoms with E-state index in [0.29, 0.717) is 11.8 Å². The van der Waals surface area contributed by atoms with Crippen molar-refractivity contribution in [2.75, 3.05) is 19.8 Å². The molecule has 106 valence electrons. The Bertz CT molecular complexity index is 243. The van der Waals surface area contributed by atoms with Crippen molar-refractivity contribution < 1.29 is 14.6 Å². The van der Waals surface area contributed by atoms with E-state index in [2.05, 4.69) is 13.8 Å². The molecule has 2 aliphatic heterocycles. The van der Waals surface area contributed by atoms with Crippen LogP contribution in [0.2, 0.25) is 0 Å². The highest BCUT2D eigenvalue weighted by Gasteiger charge is 2.40. The molecule has 1 N–H and O–H groups in total. The zero-order valence-corrected chi connectivity index (χ0v) is 11.9. The topological polar surface area (TPSA) is 38.7 Å². The molecule has 2 saturated heterocycles. The van der Waals surface area contributed by atoms with E-state index in [1.165, 1.54) is 0 Å². The summed E-state index contributed by atoms with van der Waals surface area (Å²) in [5.41, 5.74) is 0.0115. The summed E-state index contributed by atoms with van der Waals surface area (Å²) in [5.74, 6) is 1.04. The smallest absolute Gasteiger partial charge is 0.0730 e. The molecule has 1 spiro atoms. The van der Waals surface area contributed by atoms with E-state index >= 15 is 0 Å². The van der Waals surface area contributed by atoms with Crippen LogP contribution in [0.5, 0.6) is 0 Å². The molecule has 18 heavy (non-hydrogen) atoms. The molecule has 3 nitrogen and oxygen atoms in total. The minimum absolute atomic E-state index is 0.0115. The first kappa shape index (κ1) is 14.3. The molecule has 0 aromatic rings. The van der Waals surface area contributed by atoms with Gasteiger partial charge in [0, 0.05) is 19.8 Å². The second kappa shape index (κ2) is 6.36. The monoisotopic (exact) mass is 256 g/mol. The molecule has 2 rings (SSSR count). The van der Waals surface area contributed by atoms with Crippen LogP contribution in [0.4, 0.5) is 0 Å². The van der Waals surface area contributed by atoms with Gasteiger partial charge in [0.2, 0.25) is 0 Å². The molecule has 0 aromatic carbocycles. The first-order chi connectivity index (χ1) is 8.65. The Kier molecular flexibility index (Phi) is 5.05. The number of hydrogen-bond donors (Lipinski definition) is 1. The molecule has 3 unspecified atom stereocenters. The number of hydrogen-bond acceptors (Lipinski definition) is 3. The zero-order chi connectivity index (χ0) is 13.0. The minimum Gasteiger partial charge on any atom is -0.393 e. The van der Waals surface area contributed by atoms with Gasteiger partial charge >= 0.3 is 0 Å². The maximum atomic E-state index is 10.4. The summed E-state index contributed by atoms with van der Waals surface area (Å²) in [6.07, 6.45) is 5.98. The fraction of sp³-hybridized carbons (Fsp3) is 1.00. The number of aliphatic hydroxyl groups is 1. The Hall–Kier alpha value is -0.120. The zero-order valence-electron chi connectivity index (χ0n) is 11.9. The van der Waals surface area contributed by atoms with Crippen molar-refractivity contribution in [3.63, 3.8) is 0 Å². The summed E-state index contributed by atoms with van der Waals surface area (Å²) >= 11 is 0. The van der Waals surface area contributed by atoms with Gasteiger partial charge in [0.05, 0.1) is 11.7 Å². The van der Waals surface area contributed by atoms with Crippen molar-refractivity contribution in [2.24, 2.45) is 11.8 Å². The summed E-state index contributed by atoms with van der Waals surface area (Å²) in [7, 11) is 0. The van der Waals surface area contributed by atoms with Crippen molar-refractivity contribution >= 4 is 0 Å². The van der Waals surface area contributed by atoms with Crippen LogP contribution in [0.1, 0.15) is 52.4 Å². The van der Waals surface area contributed by atoms with Gasteiger partial charge in [-0.2, -0.15) is 0 Å². The van der Waals surface area contributed by atoms with Crippen LogP contribution in [-0.4, -0.2) is 36.6 Å². The first-order valence-corrected chi connectivity index (χ1v) is 7.55. The van der Waals surface area contributed by atoms with E-state index in [-0.39, 0.29) is 11.7 Å². The number of rotatable bonds is 4. The molecule has 0 amide bonds. The molecule has 2 fully saturated rings. The van der Waals surface area contributed by atoms with E-state index < -0.39 is 0 Å². The van der Waals surface area contributed by atoms with Crippen molar-refractivity contribution in [2.45, 2.75) is 64.1 Å². The lowest BCUT2D eigenvalue weighted by molar-refractivity contribution is -0.159. The second-order valence-electron chi connectivity index (χ2n) is 6.21. The Morgan fingerprint density at radius 3 is 2.67 bits per heavy atom. The molecule has 2 heterocycles. The standard InChI is InChI=1S/C15H28O3/c1-3-12(2)10-14(16)13-4-7-18-15(11-13)5-8-17-9-6-15/h12-14,16H,3-11H2,1-2H3. The molecule has 0 bridgehead atoms. The Morgan fingerprint density at radius 1 is 1.28 bits per heavy atom. The highest BCUT2D eigenvalue weighted by Crippen LogP contribution is 2.39. The van der Waals surface area contributed by atoms with Gasteiger partial charge in [0.15, 0.2) is 0 Å². The average Bonchev–Trinajstić information content (AvgIpc) is 2.39. The lowest BCUT2D eigenvalue weighted by Gasteiger charge is -2.44. The largest absolute Gasteiger partial charge is 0.393 e. The van der Waals surface area contributed by atoms with Crippen LogP contribution in [0.15, 0.2) is 0 Å². The summed E-state index contributed by atoms with van der Waals surface area (Å²) in [6, 6.07) is 0. The van der Waals surface area contributed by atoms with Gasteiger partial charge in [0.1, 0.15) is 0 Å². The van der Waals surface area contributed by atoms with Gasteiger partial charge in [-0.05, 0) is 43.9 Å². The Morgan fingerprint density at radius 2 is 2.00 bits per heavy atom. The fourth-order valence-corrected chi connectivity index (χ4v) is 3.26. The maximum Gasteiger partial charge on any atom is 0.0730 e. The third-order valence-electron chi connectivity index (χ3n) is 4.82. The predicted octanol–water partition coefficient (Wildman–Crippen LogP) is 2.76. The van der Waals surface area contributed by atoms with Gasteiger partial charge < -0.3 is 14.6 Å². The lowest BCUT2D eigenvalue weighted by atomic mass is 9.77. The van der Waals surface area contributed by atoms with Crippen LogP contribution in [-0.2, 0) is 9.47 Å². The van der Waals surface area contributed by atoms with Crippen LogP contribution < -0.4 is 0 Å². The van der Waals surface area contributed by atoms with E-state index in [0.717, 1.165) is 58.3 Å². The van der Waals surface area contributed by atoms with Crippen LogP contribution in [0.25, 0.3) is 0 Å². The first-order valence-electron chi connectivity index (χ1n) is 7.55. The van der Waals surface area contributed by atoms with Gasteiger partial charge in [-0.15, -0.1) is 0 Å². The quantitative estimate of drug-likeness (QED) is 0.840. The molecule has 0 aliphatic carbocycles. The summed E-state index contributed by atoms with van der Waals surface area (Å²) in [4.78, 5) is 0. The molecule has 2 aliphatic rings. The van der Waals surface area contributed by atoms with Crippen molar-refractivity contribution in [3.8, 4) is 0 Å². The van der Waals surface area contributed by atoms with Gasteiger partial charge in [-0.3, -0.25) is 0 Å². The van der Waals surface area contributed by atoms with Gasteiger partial charge in [0.25, 0.3) is 0 Å². The normalized spacial score (nSPS) is 31.2. The van der Waals surface area contributed by atoms with Crippen LogP contribution >= 0.6 is 0 Å². The third kappa shape index (κ3) is 3.46. The van der Waals surface area contributed by atoms with Crippen molar-refractivity contribution in [1.82, 2.24) is 0 Å². The van der Waals surface area contributed by atoms with Gasteiger partial charge in [-0.25, -0.2) is 0 Å². The lowest BCUT2D eigenvalue weighted by Crippen LogP contribution is -2.46. The van der Waals surface area contributed by atoms with E-state index in [4.69, 9.17) is 9.47 Å². The Labute approximate surface area is 111 Å². The maximum absolute atomic E-state index is 10.4. The molecule has 3 atom stereocenters. The average molecular weight is 256 g/mol. The van der Waals surface area contributed by atoms with Crippen LogP contribution in [0.3, 0.4) is 0 Å². The molecule has 0 saturated carbocycles. The third-order valence-corrected chi connectivity index (χ3v) is 4.82. The molecular formula is C15H28O3. The Balaban J connectivity index is 1.89. The fourth-order valence-electron chi connectivity index (χ4n) is 3.26. The molecule has 3 heteroatoms. The van der Waals surface area contributed by atoms with E-state index in [1.807, 2.05) is 0 Å². The van der Waals surface area contributed by atoms with Crippen molar-refractivity contribution in [1.29, 1.82) is 0 Å². The van der Waals surface area contributed by atoms with E-state index in [9.17, 15) is 5.11 Å². The minimum atomic E-state index is -0.149. The number of aliphatic hydroxyl groups excluding tert-OH is 1. The summed E-state index contributed by atoms with van der Waals surface area (Å²) < 4.78 is 11.5. The summed E-state index contributed by atoms with van der Waals surface area (Å²) in [5, 5.41) is 10.4. The van der Waals surface area contributed by atoms with Crippen molar-refractivity contribution in [3.05, 3.63) is 0 Å². The van der Waals surface area contributed by atoms with Gasteiger partial charge in [-0.1, -0.05) is 20.3 Å². The molecular weight excluding hydrogens is 228 g/mol. The SMILES string of the molecule is CCC(C)CC(O)C1CCOC2(CCOCC2)C1. The van der Waals surface area contributed by atoms with E-state index in [1.54, 1.807) is 0 Å². The highest BCUT2D eigenvalue weighted by molar-refractivity contribution is 4.91. The predicted molar refractivity (Wildman–Crippen MR) is 71.5 cm³/mol. The molecule has 0 radical (unpaired) electrons. The second-order valence-corrected chi connectivity index (χ2v) is 6.21.